The highest BCUT2D eigenvalue weighted by molar-refractivity contribution is 5.86. The van der Waals surface area contributed by atoms with E-state index in [0.717, 1.165) is 18.2 Å². The standard InChI is InChI=1S/C29H30O19/c1-42-14-3-8(4-15(43-2)17(14)32)12-7-11(31)16-10(30)5-9(6-13(16)45-12)44-29-25(21(36)20(35)24(47-29)27(40)41)48-28-22(37)18(33)19(34)23(46-28)26(38)39/h3-7,18-25,28-30,32-37H,1-2H3,(H,38,39)(H,40,41). The van der Waals surface area contributed by atoms with Crippen LogP contribution in [0.4, 0.5) is 0 Å². The van der Waals surface area contributed by atoms with E-state index in [0.29, 0.717) is 0 Å². The normalized spacial score (nSPS) is 30.5. The van der Waals surface area contributed by atoms with Crippen molar-refractivity contribution in [3.63, 3.8) is 0 Å². The van der Waals surface area contributed by atoms with Crippen LogP contribution in [0.2, 0.25) is 0 Å². The summed E-state index contributed by atoms with van der Waals surface area (Å²) in [6.45, 7) is 0. The molecule has 2 saturated heterocycles. The minimum atomic E-state index is -2.18. The van der Waals surface area contributed by atoms with E-state index >= 15 is 0 Å². The van der Waals surface area contributed by atoms with Crippen molar-refractivity contribution in [2.24, 2.45) is 0 Å². The monoisotopic (exact) mass is 682 g/mol. The summed E-state index contributed by atoms with van der Waals surface area (Å²) in [5, 5.41) is 91.4. The molecule has 3 heterocycles. The first-order valence-corrected chi connectivity index (χ1v) is 13.9. The molecule has 19 heteroatoms. The van der Waals surface area contributed by atoms with Gasteiger partial charge in [0.1, 0.15) is 58.7 Å². The molecule has 2 fully saturated rings. The zero-order valence-electron chi connectivity index (χ0n) is 24.8. The van der Waals surface area contributed by atoms with Crippen molar-refractivity contribution >= 4 is 22.9 Å². The van der Waals surface area contributed by atoms with Crippen molar-refractivity contribution in [1.29, 1.82) is 0 Å². The molecule has 2 aliphatic heterocycles. The number of benzene rings is 2. The second kappa shape index (κ2) is 13.4. The van der Waals surface area contributed by atoms with Crippen LogP contribution in [0.3, 0.4) is 0 Å². The summed E-state index contributed by atoms with van der Waals surface area (Å²) < 4.78 is 37.7. The Morgan fingerprint density at radius 3 is 1.85 bits per heavy atom. The van der Waals surface area contributed by atoms with Crippen LogP contribution in [0.15, 0.2) is 39.5 Å². The SMILES string of the molecule is COc1cc(-c2cc(=O)c3c(O)cc(OC4OC(C(=O)O)C(O)C(O)C4OC4OC(C(=O)O)C(O)C(O)C4O)cc3o2)cc(OC)c1O. The van der Waals surface area contributed by atoms with Gasteiger partial charge in [-0.2, -0.15) is 0 Å². The molecule has 0 radical (unpaired) electrons. The maximum absolute atomic E-state index is 13.0. The van der Waals surface area contributed by atoms with Crippen LogP contribution < -0.4 is 19.6 Å². The predicted molar refractivity (Wildman–Crippen MR) is 152 cm³/mol. The largest absolute Gasteiger partial charge is 0.507 e. The number of rotatable bonds is 9. The van der Waals surface area contributed by atoms with Gasteiger partial charge in [-0.15, -0.1) is 0 Å². The van der Waals surface area contributed by atoms with E-state index < -0.39 is 84.5 Å². The summed E-state index contributed by atoms with van der Waals surface area (Å²) in [6, 6.07) is 5.71. The van der Waals surface area contributed by atoms with E-state index in [1.54, 1.807) is 0 Å². The van der Waals surface area contributed by atoms with Crippen LogP contribution in [-0.4, -0.2) is 134 Å². The third-order valence-corrected chi connectivity index (χ3v) is 7.69. The average molecular weight is 683 g/mol. The van der Waals surface area contributed by atoms with Crippen molar-refractivity contribution in [2.45, 2.75) is 61.4 Å². The third kappa shape index (κ3) is 6.28. The quantitative estimate of drug-likeness (QED) is 0.119. The van der Waals surface area contributed by atoms with E-state index in [1.165, 1.54) is 26.4 Å². The highest BCUT2D eigenvalue weighted by Crippen LogP contribution is 2.41. The number of carboxylic acids is 2. The number of aliphatic carboxylic acids is 2. The molecule has 10 unspecified atom stereocenters. The topological polar surface area (TPSA) is 302 Å². The third-order valence-electron chi connectivity index (χ3n) is 7.69. The Kier molecular flexibility index (Phi) is 9.67. The highest BCUT2D eigenvalue weighted by atomic mass is 16.8. The fourth-order valence-electron chi connectivity index (χ4n) is 5.22. The van der Waals surface area contributed by atoms with Gasteiger partial charge in [-0.3, -0.25) is 4.79 Å². The lowest BCUT2D eigenvalue weighted by Crippen LogP contribution is -2.66. The van der Waals surface area contributed by atoms with Crippen LogP contribution >= 0.6 is 0 Å². The van der Waals surface area contributed by atoms with E-state index in [2.05, 4.69) is 0 Å². The van der Waals surface area contributed by atoms with Gasteiger partial charge < -0.3 is 78.8 Å². The molecule has 0 spiro atoms. The number of hydrogen-bond acceptors (Lipinski definition) is 17. The molecular weight excluding hydrogens is 652 g/mol. The molecule has 10 atom stereocenters. The van der Waals surface area contributed by atoms with E-state index in [-0.39, 0.29) is 45.3 Å². The van der Waals surface area contributed by atoms with Gasteiger partial charge in [0.15, 0.2) is 41.5 Å². The van der Waals surface area contributed by atoms with Gasteiger partial charge in [-0.05, 0) is 12.1 Å². The highest BCUT2D eigenvalue weighted by Gasteiger charge is 2.54. The Bertz CT molecular complexity index is 1730. The van der Waals surface area contributed by atoms with Gasteiger partial charge in [0.2, 0.25) is 12.0 Å². The summed E-state index contributed by atoms with van der Waals surface area (Å²) in [4.78, 5) is 36.4. The Labute approximate surface area is 267 Å². The molecule has 2 aromatic carbocycles. The van der Waals surface area contributed by atoms with Crippen molar-refractivity contribution < 1.29 is 88.4 Å². The zero-order chi connectivity index (χ0) is 35.2. The summed E-state index contributed by atoms with van der Waals surface area (Å²) in [5.41, 5.74) is -0.803. The maximum Gasteiger partial charge on any atom is 0.335 e. The lowest BCUT2D eigenvalue weighted by atomic mass is 9.97. The number of aliphatic hydroxyl groups excluding tert-OH is 5. The van der Waals surface area contributed by atoms with Gasteiger partial charge in [0.05, 0.1) is 14.2 Å². The number of aliphatic hydroxyl groups is 5. The number of carboxylic acid groups (broad SMARTS) is 2. The van der Waals surface area contributed by atoms with Gasteiger partial charge in [-0.25, -0.2) is 9.59 Å². The van der Waals surface area contributed by atoms with Crippen molar-refractivity contribution in [3.8, 4) is 40.1 Å². The number of hydrogen-bond donors (Lipinski definition) is 9. The summed E-state index contributed by atoms with van der Waals surface area (Å²) >= 11 is 0. The number of methoxy groups -OCH3 is 2. The van der Waals surface area contributed by atoms with Crippen LogP contribution in [0.25, 0.3) is 22.3 Å². The number of aromatic hydroxyl groups is 2. The second-order valence-electron chi connectivity index (χ2n) is 10.7. The van der Waals surface area contributed by atoms with Crippen molar-refractivity contribution in [2.75, 3.05) is 14.2 Å². The Hall–Kier alpha value is -4.73. The van der Waals surface area contributed by atoms with Gasteiger partial charge in [-0.1, -0.05) is 0 Å². The summed E-state index contributed by atoms with van der Waals surface area (Å²) in [5.74, 6) is -5.02. The predicted octanol–water partition coefficient (Wildman–Crippen LogP) is -1.92. The minimum Gasteiger partial charge on any atom is -0.507 e. The molecule has 0 bridgehead atoms. The van der Waals surface area contributed by atoms with Gasteiger partial charge >= 0.3 is 11.9 Å². The Balaban J connectivity index is 1.53. The molecule has 5 rings (SSSR count). The first-order chi connectivity index (χ1) is 22.7. The average Bonchev–Trinajstić information content (AvgIpc) is 3.03. The van der Waals surface area contributed by atoms with Gasteiger partial charge in [0.25, 0.3) is 0 Å². The van der Waals surface area contributed by atoms with Crippen LogP contribution in [0.5, 0.6) is 28.7 Å². The lowest BCUT2D eigenvalue weighted by Gasteiger charge is -2.44. The van der Waals surface area contributed by atoms with E-state index in [1.807, 2.05) is 0 Å². The van der Waals surface area contributed by atoms with E-state index in [9.17, 15) is 60.3 Å². The molecule has 19 nitrogen and oxygen atoms in total. The molecule has 260 valence electrons. The molecule has 3 aromatic rings. The Morgan fingerprint density at radius 1 is 0.729 bits per heavy atom. The zero-order valence-corrected chi connectivity index (χ0v) is 24.8. The van der Waals surface area contributed by atoms with E-state index in [4.69, 9.17) is 32.8 Å². The molecular formula is C29H30O19. The molecule has 0 aliphatic carbocycles. The van der Waals surface area contributed by atoms with Crippen LogP contribution in [0, 0.1) is 0 Å². The number of phenolic OH excluding ortho intramolecular Hbond substituents is 2. The molecule has 1 aromatic heterocycles. The van der Waals surface area contributed by atoms with Crippen LogP contribution in [-0.2, 0) is 23.8 Å². The second-order valence-corrected chi connectivity index (χ2v) is 10.7. The minimum absolute atomic E-state index is 0.0231. The lowest BCUT2D eigenvalue weighted by molar-refractivity contribution is -0.350. The van der Waals surface area contributed by atoms with Crippen LogP contribution in [0.1, 0.15) is 0 Å². The van der Waals surface area contributed by atoms with Crippen molar-refractivity contribution in [1.82, 2.24) is 0 Å². The molecule has 48 heavy (non-hydrogen) atoms. The Morgan fingerprint density at radius 2 is 1.29 bits per heavy atom. The number of carbonyl (C=O) groups is 2. The maximum atomic E-state index is 13.0. The smallest absolute Gasteiger partial charge is 0.335 e. The summed E-state index contributed by atoms with van der Waals surface area (Å²) in [7, 11) is 2.56. The number of phenols is 2. The molecule has 0 amide bonds. The molecule has 9 N–H and O–H groups in total. The molecule has 2 aliphatic rings. The number of fused-ring (bicyclic) bond motifs is 1. The van der Waals surface area contributed by atoms with Gasteiger partial charge in [0, 0.05) is 23.8 Å². The molecule has 0 saturated carbocycles. The fraction of sp³-hybridized carbons (Fsp3) is 0.414. The fourth-order valence-corrected chi connectivity index (χ4v) is 5.22. The summed E-state index contributed by atoms with van der Waals surface area (Å²) in [6.07, 6.45) is -21.0. The number of ether oxygens (including phenoxy) is 6. The first kappa shape index (κ1) is 34.6. The first-order valence-electron chi connectivity index (χ1n) is 13.9. The van der Waals surface area contributed by atoms with Crippen molar-refractivity contribution in [3.05, 3.63) is 40.6 Å².